The summed E-state index contributed by atoms with van der Waals surface area (Å²) in [4.78, 5) is 14.2. The van der Waals surface area contributed by atoms with E-state index < -0.39 is 0 Å². The molecule has 0 atom stereocenters. The zero-order valence-corrected chi connectivity index (χ0v) is 10.1. The fourth-order valence-electron chi connectivity index (χ4n) is 2.90. The summed E-state index contributed by atoms with van der Waals surface area (Å²) in [5.41, 5.74) is 3.53. The van der Waals surface area contributed by atoms with Crippen LogP contribution in [0.2, 0.25) is 0 Å². The smallest absolute Gasteiger partial charge is 0.236 e. The maximum Gasteiger partial charge on any atom is 0.236 e. The molecule has 0 N–H and O–H groups in total. The van der Waals surface area contributed by atoms with E-state index in [1.807, 2.05) is 18.7 Å². The molecule has 1 aliphatic carbocycles. The Balaban J connectivity index is 2.55. The molecule has 82 valence electrons. The summed E-state index contributed by atoms with van der Waals surface area (Å²) in [5.74, 6) is 0.268. The third-order valence-electron chi connectivity index (χ3n) is 3.56. The van der Waals surface area contributed by atoms with Crippen molar-refractivity contribution >= 4 is 5.91 Å². The molecule has 1 aliphatic heterocycles. The summed E-state index contributed by atoms with van der Waals surface area (Å²) in [6, 6.07) is 0. The van der Waals surface area contributed by atoms with Gasteiger partial charge in [0.05, 0.1) is 5.41 Å². The fourth-order valence-corrected chi connectivity index (χ4v) is 2.90. The second-order valence-electron chi connectivity index (χ2n) is 4.92. The minimum atomic E-state index is -0.313. The summed E-state index contributed by atoms with van der Waals surface area (Å²) in [7, 11) is 0. The molecule has 0 aromatic rings. The highest BCUT2D eigenvalue weighted by molar-refractivity contribution is 5.92. The SMILES string of the molecule is CCN1C(=O)C(C)(C)C2=C1CCC=C2C. The average molecular weight is 205 g/mol. The summed E-state index contributed by atoms with van der Waals surface area (Å²) in [6.07, 6.45) is 4.35. The number of carbonyl (C=O) groups excluding carboxylic acids is 1. The van der Waals surface area contributed by atoms with Crippen molar-refractivity contribution in [2.75, 3.05) is 6.54 Å². The van der Waals surface area contributed by atoms with Gasteiger partial charge in [0, 0.05) is 12.2 Å². The predicted octanol–water partition coefficient (Wildman–Crippen LogP) is 2.87. The monoisotopic (exact) mass is 205 g/mol. The Morgan fingerprint density at radius 2 is 2.13 bits per heavy atom. The van der Waals surface area contributed by atoms with E-state index in [9.17, 15) is 4.79 Å². The second kappa shape index (κ2) is 3.22. The first kappa shape index (κ1) is 10.5. The number of hydrogen-bond donors (Lipinski definition) is 0. The molecule has 2 aliphatic rings. The van der Waals surface area contributed by atoms with Crippen molar-refractivity contribution in [2.24, 2.45) is 5.41 Å². The Hall–Kier alpha value is -1.05. The van der Waals surface area contributed by atoms with Gasteiger partial charge in [0.2, 0.25) is 5.91 Å². The zero-order valence-electron chi connectivity index (χ0n) is 10.1. The number of amides is 1. The molecule has 0 radical (unpaired) electrons. The highest BCUT2D eigenvalue weighted by Crippen LogP contribution is 2.46. The van der Waals surface area contributed by atoms with Crippen molar-refractivity contribution < 1.29 is 4.79 Å². The first-order chi connectivity index (χ1) is 7.00. The van der Waals surface area contributed by atoms with E-state index >= 15 is 0 Å². The van der Waals surface area contributed by atoms with E-state index in [-0.39, 0.29) is 11.3 Å². The molecular formula is C13H19NO. The molecule has 0 bridgehead atoms. The van der Waals surface area contributed by atoms with Crippen LogP contribution in [-0.4, -0.2) is 17.4 Å². The molecule has 0 aromatic heterocycles. The molecule has 2 rings (SSSR count). The van der Waals surface area contributed by atoms with Gasteiger partial charge < -0.3 is 4.90 Å². The van der Waals surface area contributed by atoms with Crippen molar-refractivity contribution in [3.05, 3.63) is 22.9 Å². The molecule has 0 fully saturated rings. The Morgan fingerprint density at radius 1 is 1.47 bits per heavy atom. The van der Waals surface area contributed by atoms with E-state index in [4.69, 9.17) is 0 Å². The summed E-state index contributed by atoms with van der Waals surface area (Å²) in [5, 5.41) is 0. The first-order valence-corrected chi connectivity index (χ1v) is 5.73. The zero-order chi connectivity index (χ0) is 11.2. The van der Waals surface area contributed by atoms with Crippen LogP contribution < -0.4 is 0 Å². The second-order valence-corrected chi connectivity index (χ2v) is 4.92. The molecule has 0 spiro atoms. The Kier molecular flexibility index (Phi) is 2.25. The topological polar surface area (TPSA) is 20.3 Å². The van der Waals surface area contributed by atoms with Gasteiger partial charge in [0.25, 0.3) is 0 Å². The van der Waals surface area contributed by atoms with Crippen LogP contribution in [0.1, 0.15) is 40.5 Å². The van der Waals surface area contributed by atoms with E-state index in [0.717, 1.165) is 19.4 Å². The first-order valence-electron chi connectivity index (χ1n) is 5.73. The van der Waals surface area contributed by atoms with Gasteiger partial charge in [0.15, 0.2) is 0 Å². The Morgan fingerprint density at radius 3 is 2.73 bits per heavy atom. The van der Waals surface area contributed by atoms with Crippen molar-refractivity contribution in [1.29, 1.82) is 0 Å². The van der Waals surface area contributed by atoms with Gasteiger partial charge in [-0.25, -0.2) is 0 Å². The van der Waals surface area contributed by atoms with Crippen LogP contribution in [-0.2, 0) is 4.79 Å². The van der Waals surface area contributed by atoms with Gasteiger partial charge in [-0.3, -0.25) is 4.79 Å². The number of allylic oxidation sites excluding steroid dienone is 3. The summed E-state index contributed by atoms with van der Waals surface area (Å²) >= 11 is 0. The van der Waals surface area contributed by atoms with Crippen molar-refractivity contribution in [2.45, 2.75) is 40.5 Å². The summed E-state index contributed by atoms with van der Waals surface area (Å²) in [6.45, 7) is 9.07. The van der Waals surface area contributed by atoms with Crippen molar-refractivity contribution in [1.82, 2.24) is 4.90 Å². The molecular weight excluding hydrogens is 186 g/mol. The molecule has 0 saturated heterocycles. The van der Waals surface area contributed by atoms with E-state index in [2.05, 4.69) is 19.9 Å². The van der Waals surface area contributed by atoms with Crippen LogP contribution in [0.4, 0.5) is 0 Å². The Labute approximate surface area is 91.6 Å². The lowest BCUT2D eigenvalue weighted by Crippen LogP contribution is -2.33. The lowest BCUT2D eigenvalue weighted by atomic mass is 9.79. The molecule has 2 nitrogen and oxygen atoms in total. The van der Waals surface area contributed by atoms with Crippen LogP contribution >= 0.6 is 0 Å². The fraction of sp³-hybridized carbons (Fsp3) is 0.615. The van der Waals surface area contributed by atoms with Crippen LogP contribution in [0, 0.1) is 5.41 Å². The minimum absolute atomic E-state index is 0.268. The lowest BCUT2D eigenvalue weighted by Gasteiger charge is -2.22. The van der Waals surface area contributed by atoms with Gasteiger partial charge in [-0.15, -0.1) is 0 Å². The van der Waals surface area contributed by atoms with Crippen molar-refractivity contribution in [3.63, 3.8) is 0 Å². The van der Waals surface area contributed by atoms with Crippen LogP contribution in [0.15, 0.2) is 22.9 Å². The normalized spacial score (nSPS) is 24.4. The molecule has 1 amide bonds. The Bertz CT molecular complexity index is 374. The molecule has 0 saturated carbocycles. The predicted molar refractivity (Wildman–Crippen MR) is 61.2 cm³/mol. The van der Waals surface area contributed by atoms with Gasteiger partial charge in [-0.2, -0.15) is 0 Å². The van der Waals surface area contributed by atoms with Crippen LogP contribution in [0.25, 0.3) is 0 Å². The third-order valence-corrected chi connectivity index (χ3v) is 3.56. The number of nitrogens with zero attached hydrogens (tertiary/aromatic N) is 1. The molecule has 15 heavy (non-hydrogen) atoms. The van der Waals surface area contributed by atoms with E-state index in [1.165, 1.54) is 16.8 Å². The largest absolute Gasteiger partial charge is 0.315 e. The molecule has 2 heteroatoms. The maximum absolute atomic E-state index is 12.2. The van der Waals surface area contributed by atoms with E-state index in [0.29, 0.717) is 0 Å². The molecule has 1 heterocycles. The molecule has 0 unspecified atom stereocenters. The lowest BCUT2D eigenvalue weighted by molar-refractivity contribution is -0.133. The maximum atomic E-state index is 12.2. The van der Waals surface area contributed by atoms with Crippen molar-refractivity contribution in [3.8, 4) is 0 Å². The number of hydrogen-bond acceptors (Lipinski definition) is 1. The molecule has 0 aromatic carbocycles. The third kappa shape index (κ3) is 1.27. The van der Waals surface area contributed by atoms with Gasteiger partial charge >= 0.3 is 0 Å². The van der Waals surface area contributed by atoms with Gasteiger partial charge in [-0.1, -0.05) is 6.08 Å². The minimum Gasteiger partial charge on any atom is -0.315 e. The standard InChI is InChI=1S/C13H19NO/c1-5-14-10-8-6-7-9(2)11(10)13(3,4)12(14)15/h7H,5-6,8H2,1-4H3. The highest BCUT2D eigenvalue weighted by atomic mass is 16.2. The van der Waals surface area contributed by atoms with Gasteiger partial charge in [0.1, 0.15) is 0 Å². The quantitative estimate of drug-likeness (QED) is 0.644. The highest BCUT2D eigenvalue weighted by Gasteiger charge is 2.45. The van der Waals surface area contributed by atoms with Crippen LogP contribution in [0.3, 0.4) is 0 Å². The summed E-state index contributed by atoms with van der Waals surface area (Å²) < 4.78 is 0. The average Bonchev–Trinajstić information content (AvgIpc) is 2.36. The van der Waals surface area contributed by atoms with Gasteiger partial charge in [-0.05, 0) is 51.7 Å². The van der Waals surface area contributed by atoms with E-state index in [1.54, 1.807) is 0 Å². The number of carbonyl (C=O) groups is 1. The number of rotatable bonds is 1. The van der Waals surface area contributed by atoms with Crippen LogP contribution in [0.5, 0.6) is 0 Å².